The summed E-state index contributed by atoms with van der Waals surface area (Å²) in [4.78, 5) is 27.7. The van der Waals surface area contributed by atoms with Crippen LogP contribution in [0.25, 0.3) is 11.1 Å². The SMILES string of the molecule is O=C1CC(=O)c2ccccc2N(c2ccc(-c3ccccc3)cc2)c2ccccc21. The first kappa shape index (κ1) is 18.1. The second kappa shape index (κ2) is 7.45. The molecule has 3 nitrogen and oxygen atoms in total. The van der Waals surface area contributed by atoms with Gasteiger partial charge in [-0.05, 0) is 47.5 Å². The van der Waals surface area contributed by atoms with E-state index in [0.29, 0.717) is 11.1 Å². The first-order chi connectivity index (χ1) is 14.7. The summed E-state index contributed by atoms with van der Waals surface area (Å²) in [6.07, 6.45) is -0.116. The van der Waals surface area contributed by atoms with Gasteiger partial charge in [-0.2, -0.15) is 0 Å². The predicted octanol–water partition coefficient (Wildman–Crippen LogP) is 6.59. The maximum absolute atomic E-state index is 12.8. The Hall–Kier alpha value is -3.98. The van der Waals surface area contributed by atoms with Crippen LogP contribution in [0.1, 0.15) is 27.1 Å². The Labute approximate surface area is 175 Å². The molecular formula is C27H19NO2. The van der Waals surface area contributed by atoms with Gasteiger partial charge in [-0.3, -0.25) is 9.59 Å². The fourth-order valence-electron chi connectivity index (χ4n) is 3.99. The van der Waals surface area contributed by atoms with E-state index in [2.05, 4.69) is 24.3 Å². The Kier molecular flexibility index (Phi) is 4.49. The van der Waals surface area contributed by atoms with Gasteiger partial charge in [0, 0.05) is 16.8 Å². The fraction of sp³-hybridized carbons (Fsp3) is 0.0370. The van der Waals surface area contributed by atoms with E-state index >= 15 is 0 Å². The van der Waals surface area contributed by atoms with Gasteiger partial charge in [0.1, 0.15) is 0 Å². The Balaban J connectivity index is 1.70. The first-order valence-corrected chi connectivity index (χ1v) is 9.92. The van der Waals surface area contributed by atoms with Crippen molar-refractivity contribution in [1.82, 2.24) is 0 Å². The van der Waals surface area contributed by atoms with Crippen molar-refractivity contribution in [2.75, 3.05) is 4.90 Å². The lowest BCUT2D eigenvalue weighted by molar-refractivity contribution is 0.0894. The van der Waals surface area contributed by atoms with Crippen molar-refractivity contribution in [2.45, 2.75) is 6.42 Å². The standard InChI is InChI=1S/C27H19NO2/c29-26-18-27(30)23-11-5-7-13-25(23)28(24-12-6-4-10-22(24)26)21-16-14-20(15-17-21)19-8-2-1-3-9-19/h1-17H,18H2. The van der Waals surface area contributed by atoms with Gasteiger partial charge in [0.15, 0.2) is 11.6 Å². The van der Waals surface area contributed by atoms with Gasteiger partial charge >= 0.3 is 0 Å². The van der Waals surface area contributed by atoms with Crippen molar-refractivity contribution in [2.24, 2.45) is 0 Å². The van der Waals surface area contributed by atoms with E-state index in [1.165, 1.54) is 0 Å². The minimum absolute atomic E-state index is 0.116. The van der Waals surface area contributed by atoms with E-state index in [1.54, 1.807) is 12.1 Å². The summed E-state index contributed by atoms with van der Waals surface area (Å²) in [6, 6.07) is 33.4. The van der Waals surface area contributed by atoms with Gasteiger partial charge in [-0.25, -0.2) is 0 Å². The lowest BCUT2D eigenvalue weighted by Gasteiger charge is -2.30. The number of Topliss-reactive ketones (excluding diaryl/α,β-unsaturated/α-hetero) is 2. The fourth-order valence-corrected chi connectivity index (χ4v) is 3.99. The number of fused-ring (bicyclic) bond motifs is 2. The molecule has 0 bridgehead atoms. The predicted molar refractivity (Wildman–Crippen MR) is 120 cm³/mol. The van der Waals surface area contributed by atoms with Crippen LogP contribution >= 0.6 is 0 Å². The van der Waals surface area contributed by atoms with Crippen LogP contribution in [-0.4, -0.2) is 11.6 Å². The molecule has 4 aromatic carbocycles. The van der Waals surface area contributed by atoms with Crippen LogP contribution in [0.15, 0.2) is 103 Å². The molecule has 0 N–H and O–H groups in total. The molecule has 0 fully saturated rings. The van der Waals surface area contributed by atoms with Gasteiger partial charge in [0.25, 0.3) is 0 Å². The summed E-state index contributed by atoms with van der Waals surface area (Å²) in [5, 5.41) is 0. The zero-order valence-corrected chi connectivity index (χ0v) is 16.3. The lowest BCUT2D eigenvalue weighted by atomic mass is 9.94. The molecule has 0 atom stereocenters. The maximum Gasteiger partial charge on any atom is 0.172 e. The van der Waals surface area contributed by atoms with E-state index < -0.39 is 0 Å². The average molecular weight is 389 g/mol. The number of hydrogen-bond acceptors (Lipinski definition) is 3. The Morgan fingerprint density at radius 2 is 0.967 bits per heavy atom. The second-order valence-corrected chi connectivity index (χ2v) is 7.31. The van der Waals surface area contributed by atoms with Gasteiger partial charge in [0.05, 0.1) is 17.8 Å². The van der Waals surface area contributed by atoms with Gasteiger partial charge in [-0.15, -0.1) is 0 Å². The highest BCUT2D eigenvalue weighted by Gasteiger charge is 2.28. The summed E-state index contributed by atoms with van der Waals surface area (Å²) in [6.45, 7) is 0. The molecule has 1 aliphatic rings. The van der Waals surface area contributed by atoms with Crippen LogP contribution in [0.3, 0.4) is 0 Å². The number of carbonyl (C=O) groups is 2. The molecule has 0 amide bonds. The maximum atomic E-state index is 12.8. The molecule has 30 heavy (non-hydrogen) atoms. The van der Waals surface area contributed by atoms with Crippen LogP contribution in [0, 0.1) is 0 Å². The van der Waals surface area contributed by atoms with Crippen LogP contribution in [0.2, 0.25) is 0 Å². The van der Waals surface area contributed by atoms with Crippen LogP contribution < -0.4 is 4.90 Å². The van der Waals surface area contributed by atoms with Gasteiger partial charge < -0.3 is 4.90 Å². The van der Waals surface area contributed by atoms with Crippen molar-refractivity contribution < 1.29 is 9.59 Å². The van der Waals surface area contributed by atoms with E-state index in [-0.39, 0.29) is 18.0 Å². The highest BCUT2D eigenvalue weighted by molar-refractivity contribution is 6.19. The normalized spacial score (nSPS) is 13.3. The Morgan fingerprint density at radius 1 is 0.500 bits per heavy atom. The van der Waals surface area contributed by atoms with Crippen molar-refractivity contribution in [3.63, 3.8) is 0 Å². The zero-order chi connectivity index (χ0) is 20.5. The summed E-state index contributed by atoms with van der Waals surface area (Å²) in [7, 11) is 0. The van der Waals surface area contributed by atoms with Crippen LogP contribution in [0.4, 0.5) is 17.1 Å². The van der Waals surface area contributed by atoms with E-state index in [1.807, 2.05) is 71.6 Å². The number of para-hydroxylation sites is 2. The summed E-state index contributed by atoms with van der Waals surface area (Å²) in [5.74, 6) is -0.313. The number of ketones is 2. The van der Waals surface area contributed by atoms with Crippen molar-refractivity contribution in [1.29, 1.82) is 0 Å². The zero-order valence-electron chi connectivity index (χ0n) is 16.3. The second-order valence-electron chi connectivity index (χ2n) is 7.31. The highest BCUT2D eigenvalue weighted by atomic mass is 16.1. The Morgan fingerprint density at radius 3 is 1.53 bits per heavy atom. The largest absolute Gasteiger partial charge is 0.309 e. The topological polar surface area (TPSA) is 37.4 Å². The highest BCUT2D eigenvalue weighted by Crippen LogP contribution is 2.41. The van der Waals surface area contributed by atoms with Crippen molar-refractivity contribution >= 4 is 28.6 Å². The molecule has 0 unspecified atom stereocenters. The lowest BCUT2D eigenvalue weighted by Crippen LogP contribution is -2.22. The minimum Gasteiger partial charge on any atom is -0.309 e. The molecular weight excluding hydrogens is 370 g/mol. The third kappa shape index (κ3) is 3.11. The number of nitrogens with zero attached hydrogens (tertiary/aromatic N) is 1. The van der Waals surface area contributed by atoms with Gasteiger partial charge in [-0.1, -0.05) is 66.7 Å². The number of anilines is 3. The molecule has 0 saturated carbocycles. The van der Waals surface area contributed by atoms with E-state index in [9.17, 15) is 9.59 Å². The van der Waals surface area contributed by atoms with E-state index in [0.717, 1.165) is 28.2 Å². The quantitative estimate of drug-likeness (QED) is 0.363. The first-order valence-electron chi connectivity index (χ1n) is 9.92. The molecule has 4 aromatic rings. The number of benzene rings is 4. The molecule has 0 aliphatic carbocycles. The Bertz CT molecular complexity index is 1190. The monoisotopic (exact) mass is 389 g/mol. The van der Waals surface area contributed by atoms with Crippen LogP contribution in [-0.2, 0) is 0 Å². The minimum atomic E-state index is -0.156. The number of hydrogen-bond donors (Lipinski definition) is 0. The summed E-state index contributed by atoms with van der Waals surface area (Å²) in [5.41, 5.74) is 5.85. The molecule has 5 rings (SSSR count). The molecule has 0 radical (unpaired) electrons. The third-order valence-corrected chi connectivity index (χ3v) is 5.44. The molecule has 1 aliphatic heterocycles. The van der Waals surface area contributed by atoms with Crippen molar-refractivity contribution in [3.8, 4) is 11.1 Å². The number of rotatable bonds is 2. The molecule has 1 heterocycles. The number of carbonyl (C=O) groups excluding carboxylic acids is 2. The molecule has 0 spiro atoms. The third-order valence-electron chi connectivity index (χ3n) is 5.44. The smallest absolute Gasteiger partial charge is 0.172 e. The van der Waals surface area contributed by atoms with Gasteiger partial charge in [0.2, 0.25) is 0 Å². The molecule has 0 aromatic heterocycles. The molecule has 0 saturated heterocycles. The van der Waals surface area contributed by atoms with Crippen LogP contribution in [0.5, 0.6) is 0 Å². The van der Waals surface area contributed by atoms with Crippen molar-refractivity contribution in [3.05, 3.63) is 114 Å². The summed E-state index contributed by atoms with van der Waals surface area (Å²) < 4.78 is 0. The summed E-state index contributed by atoms with van der Waals surface area (Å²) >= 11 is 0. The average Bonchev–Trinajstić information content (AvgIpc) is 2.80. The molecule has 3 heteroatoms. The van der Waals surface area contributed by atoms with E-state index in [4.69, 9.17) is 0 Å². The molecule has 144 valence electrons.